The van der Waals surface area contributed by atoms with Gasteiger partial charge in [-0.25, -0.2) is 9.78 Å². The highest BCUT2D eigenvalue weighted by Crippen LogP contribution is 2.44. The van der Waals surface area contributed by atoms with E-state index >= 15 is 0 Å². The zero-order chi connectivity index (χ0) is 30.7. The fourth-order valence-electron chi connectivity index (χ4n) is 6.30. The van der Waals surface area contributed by atoms with Crippen LogP contribution in [0.4, 0.5) is 0 Å². The van der Waals surface area contributed by atoms with Crippen LogP contribution in [-0.2, 0) is 34.7 Å². The Kier molecular flexibility index (Phi) is 6.51. The highest BCUT2D eigenvalue weighted by molar-refractivity contribution is 5.91. The van der Waals surface area contributed by atoms with Gasteiger partial charge in [0.1, 0.15) is 6.61 Å². The summed E-state index contributed by atoms with van der Waals surface area (Å²) >= 11 is 0. The number of allylic oxidation sites excluding steroid dienone is 1. The van der Waals surface area contributed by atoms with Crippen molar-refractivity contribution in [1.29, 1.82) is 0 Å². The topological polar surface area (TPSA) is 128 Å². The smallest absolute Gasteiger partial charge is 0.343 e. The average molecular weight is 599 g/mol. The number of hydrogen-bond acceptors (Lipinski definition) is 10. The summed E-state index contributed by atoms with van der Waals surface area (Å²) < 4.78 is 34.7. The predicted molar refractivity (Wildman–Crippen MR) is 159 cm³/mol. The van der Waals surface area contributed by atoms with E-state index in [4.69, 9.17) is 33.4 Å². The number of carbonyl (C=O) groups is 1. The maximum Gasteiger partial charge on any atom is 0.343 e. The summed E-state index contributed by atoms with van der Waals surface area (Å²) in [5.41, 5.74) is 2.85. The van der Waals surface area contributed by atoms with Crippen molar-refractivity contribution in [2.45, 2.75) is 38.5 Å². The standard InChI is InChI=1S/C33H30N2O9/c1-5-33(38)22-12-24-29-20(14-35(24)31(36)21(22)15-42-32(33)37)18(19-11-25-26(44-16-43-25)13-23(19)34-29)8-6-7-17-9-27(39-2)30(41-4)28(10-17)40-3/h6-7,9-13,38H,5,8,14-16H2,1-4H3/b7-6+/t33-/m0/s1. The molecule has 0 aliphatic carbocycles. The van der Waals surface area contributed by atoms with Crippen molar-refractivity contribution < 1.29 is 38.3 Å². The fourth-order valence-corrected chi connectivity index (χ4v) is 6.30. The van der Waals surface area contributed by atoms with Gasteiger partial charge in [-0.15, -0.1) is 0 Å². The van der Waals surface area contributed by atoms with E-state index in [1.807, 2.05) is 36.4 Å². The lowest BCUT2D eigenvalue weighted by Gasteiger charge is -2.31. The first-order valence-electron chi connectivity index (χ1n) is 14.2. The first-order valence-corrected chi connectivity index (χ1v) is 14.2. The van der Waals surface area contributed by atoms with Crippen LogP contribution < -0.4 is 29.2 Å². The number of benzene rings is 2. The molecule has 0 spiro atoms. The van der Waals surface area contributed by atoms with Gasteiger partial charge in [0.15, 0.2) is 28.6 Å². The number of aliphatic hydroxyl groups is 1. The van der Waals surface area contributed by atoms with Crippen molar-refractivity contribution in [2.24, 2.45) is 0 Å². The number of pyridine rings is 2. The lowest BCUT2D eigenvalue weighted by atomic mass is 9.86. The average Bonchev–Trinajstić information content (AvgIpc) is 3.65. The second-order valence-corrected chi connectivity index (χ2v) is 10.8. The van der Waals surface area contributed by atoms with E-state index in [1.54, 1.807) is 38.9 Å². The first-order chi connectivity index (χ1) is 21.3. The molecule has 5 heterocycles. The van der Waals surface area contributed by atoms with Gasteiger partial charge < -0.3 is 38.1 Å². The number of ether oxygens (including phenoxy) is 6. The number of rotatable bonds is 7. The van der Waals surface area contributed by atoms with Crippen LogP contribution in [0.25, 0.3) is 28.4 Å². The fraction of sp³-hybridized carbons (Fsp3) is 0.303. The van der Waals surface area contributed by atoms with Crippen molar-refractivity contribution >= 4 is 22.9 Å². The van der Waals surface area contributed by atoms with Gasteiger partial charge >= 0.3 is 5.97 Å². The predicted octanol–water partition coefficient (Wildman–Crippen LogP) is 4.09. The van der Waals surface area contributed by atoms with Crippen LogP contribution in [0.15, 0.2) is 41.2 Å². The van der Waals surface area contributed by atoms with E-state index in [9.17, 15) is 14.7 Å². The molecule has 2 aromatic carbocycles. The third-order valence-corrected chi connectivity index (χ3v) is 8.62. The van der Waals surface area contributed by atoms with E-state index in [2.05, 4.69) is 0 Å². The van der Waals surface area contributed by atoms with E-state index in [0.717, 1.165) is 22.1 Å². The summed E-state index contributed by atoms with van der Waals surface area (Å²) in [4.78, 5) is 31.4. The zero-order valence-electron chi connectivity index (χ0n) is 24.7. The number of cyclic esters (lactones) is 1. The van der Waals surface area contributed by atoms with Crippen LogP contribution in [-0.4, -0.2) is 48.7 Å². The SMILES string of the molecule is CC[C@@]1(O)C(=O)OCc2c1cc1n(c2=O)Cc2c-1nc1cc3c(cc1c2C/C=C/c1cc(OC)c(OC)c(OC)c1)OCO3. The van der Waals surface area contributed by atoms with E-state index < -0.39 is 11.6 Å². The first kappa shape index (κ1) is 27.8. The number of nitrogens with zero attached hydrogens (tertiary/aromatic N) is 2. The second-order valence-electron chi connectivity index (χ2n) is 10.8. The third-order valence-electron chi connectivity index (χ3n) is 8.62. The second kappa shape index (κ2) is 10.3. The molecular weight excluding hydrogens is 568 g/mol. The Hall–Kier alpha value is -5.03. The van der Waals surface area contributed by atoms with E-state index in [1.165, 1.54) is 0 Å². The molecule has 11 nitrogen and oxygen atoms in total. The summed E-state index contributed by atoms with van der Waals surface area (Å²) in [5, 5.41) is 12.1. The van der Waals surface area contributed by atoms with Crippen LogP contribution in [0.1, 0.15) is 41.2 Å². The molecule has 1 N–H and O–H groups in total. The molecule has 0 unspecified atom stereocenters. The molecule has 0 saturated heterocycles. The lowest BCUT2D eigenvalue weighted by Crippen LogP contribution is -2.44. The Morgan fingerprint density at radius 1 is 0.977 bits per heavy atom. The Morgan fingerprint density at radius 2 is 1.70 bits per heavy atom. The van der Waals surface area contributed by atoms with Gasteiger partial charge in [0.05, 0.1) is 50.3 Å². The molecule has 44 heavy (non-hydrogen) atoms. The number of esters is 1. The van der Waals surface area contributed by atoms with Crippen molar-refractivity contribution in [3.63, 3.8) is 0 Å². The monoisotopic (exact) mass is 598 g/mol. The minimum absolute atomic E-state index is 0.0696. The summed E-state index contributed by atoms with van der Waals surface area (Å²) in [6.07, 6.45) is 4.56. The number of fused-ring (bicyclic) bond motifs is 6. The zero-order valence-corrected chi connectivity index (χ0v) is 24.7. The Bertz CT molecular complexity index is 1940. The van der Waals surface area contributed by atoms with Gasteiger partial charge in [-0.05, 0) is 48.2 Å². The summed E-state index contributed by atoms with van der Waals surface area (Å²) in [5.74, 6) is 2.06. The Morgan fingerprint density at radius 3 is 2.39 bits per heavy atom. The van der Waals surface area contributed by atoms with Crippen LogP contribution in [0.2, 0.25) is 0 Å². The maximum atomic E-state index is 13.8. The highest BCUT2D eigenvalue weighted by Gasteiger charge is 2.45. The molecule has 3 aliphatic heterocycles. The van der Waals surface area contributed by atoms with Gasteiger partial charge in [0.25, 0.3) is 5.56 Å². The van der Waals surface area contributed by atoms with Crippen LogP contribution in [0.5, 0.6) is 28.7 Å². The Labute approximate surface area is 252 Å². The number of methoxy groups -OCH3 is 3. The number of aromatic nitrogens is 2. The van der Waals surface area contributed by atoms with Crippen LogP contribution in [0.3, 0.4) is 0 Å². The van der Waals surface area contributed by atoms with Gasteiger partial charge in [-0.2, -0.15) is 0 Å². The van der Waals surface area contributed by atoms with Gasteiger partial charge in [0, 0.05) is 22.6 Å². The minimum atomic E-state index is -1.90. The van der Waals surface area contributed by atoms with Crippen LogP contribution in [0, 0.1) is 0 Å². The molecule has 2 aromatic heterocycles. The summed E-state index contributed by atoms with van der Waals surface area (Å²) in [6, 6.07) is 9.20. The maximum absolute atomic E-state index is 13.8. The van der Waals surface area contributed by atoms with E-state index in [0.29, 0.717) is 52.1 Å². The third kappa shape index (κ3) is 4.03. The summed E-state index contributed by atoms with van der Waals surface area (Å²) in [6.45, 7) is 1.90. The molecule has 0 bridgehead atoms. The van der Waals surface area contributed by atoms with Crippen molar-refractivity contribution in [1.82, 2.24) is 9.55 Å². The van der Waals surface area contributed by atoms with Crippen LogP contribution >= 0.6 is 0 Å². The van der Waals surface area contributed by atoms with Crippen molar-refractivity contribution in [2.75, 3.05) is 28.1 Å². The van der Waals surface area contributed by atoms with Gasteiger partial charge in [0.2, 0.25) is 12.5 Å². The van der Waals surface area contributed by atoms with E-state index in [-0.39, 0.29) is 43.1 Å². The largest absolute Gasteiger partial charge is 0.493 e. The molecule has 7 rings (SSSR count). The molecule has 4 aromatic rings. The molecule has 0 fully saturated rings. The van der Waals surface area contributed by atoms with Gasteiger partial charge in [-0.1, -0.05) is 19.1 Å². The quantitative estimate of drug-likeness (QED) is 0.274. The Balaban J connectivity index is 1.38. The molecule has 3 aliphatic rings. The number of hydrogen-bond donors (Lipinski definition) is 1. The number of carbonyl (C=O) groups excluding carboxylic acids is 1. The molecular formula is C33H30N2O9. The normalized spacial score (nSPS) is 17.8. The van der Waals surface area contributed by atoms with Crippen molar-refractivity contribution in [3.05, 3.63) is 74.6 Å². The molecule has 0 saturated carbocycles. The molecule has 11 heteroatoms. The van der Waals surface area contributed by atoms with Gasteiger partial charge in [-0.3, -0.25) is 4.79 Å². The molecule has 0 radical (unpaired) electrons. The molecule has 226 valence electrons. The molecule has 1 atom stereocenters. The highest BCUT2D eigenvalue weighted by atomic mass is 16.7. The van der Waals surface area contributed by atoms with Crippen molar-refractivity contribution in [3.8, 4) is 40.1 Å². The minimum Gasteiger partial charge on any atom is -0.493 e. The molecule has 0 amide bonds. The lowest BCUT2D eigenvalue weighted by molar-refractivity contribution is -0.172. The summed E-state index contributed by atoms with van der Waals surface area (Å²) in [7, 11) is 4.70.